The first-order valence-corrected chi connectivity index (χ1v) is 8.14. The van der Waals surface area contributed by atoms with Gasteiger partial charge in [0.1, 0.15) is 0 Å². The molecule has 0 unspecified atom stereocenters. The molecule has 0 spiro atoms. The summed E-state index contributed by atoms with van der Waals surface area (Å²) in [7, 11) is 0. The number of carbonyl (C=O) groups excluding carboxylic acids is 2. The number of hydrogen-bond acceptors (Lipinski definition) is 4. The van der Waals surface area contributed by atoms with Crippen LogP contribution in [0, 0.1) is 5.92 Å². The summed E-state index contributed by atoms with van der Waals surface area (Å²) in [5.74, 6) is 0.336. The van der Waals surface area contributed by atoms with Crippen LogP contribution >= 0.6 is 24.2 Å². The van der Waals surface area contributed by atoms with E-state index >= 15 is 0 Å². The SMILES string of the molecule is Cl.NC(=O)CSc1ccccc1NC(=O)CC1CCNCC1. The van der Waals surface area contributed by atoms with Crippen molar-refractivity contribution in [2.45, 2.75) is 24.2 Å². The van der Waals surface area contributed by atoms with E-state index in [2.05, 4.69) is 10.6 Å². The third-order valence-corrected chi connectivity index (χ3v) is 4.56. The van der Waals surface area contributed by atoms with E-state index in [9.17, 15) is 9.59 Å². The Morgan fingerprint density at radius 3 is 2.64 bits per heavy atom. The molecule has 1 heterocycles. The van der Waals surface area contributed by atoms with Crippen LogP contribution in [0.2, 0.25) is 0 Å². The molecule has 22 heavy (non-hydrogen) atoms. The maximum Gasteiger partial charge on any atom is 0.227 e. The number of carbonyl (C=O) groups is 2. The first kappa shape index (κ1) is 18.8. The van der Waals surface area contributed by atoms with Crippen LogP contribution in [0.4, 0.5) is 5.69 Å². The van der Waals surface area contributed by atoms with Crippen molar-refractivity contribution in [3.8, 4) is 0 Å². The van der Waals surface area contributed by atoms with E-state index < -0.39 is 0 Å². The number of amides is 2. The molecule has 4 N–H and O–H groups in total. The molecule has 0 atom stereocenters. The highest BCUT2D eigenvalue weighted by atomic mass is 35.5. The van der Waals surface area contributed by atoms with Crippen molar-refractivity contribution >= 4 is 41.7 Å². The molecule has 1 aliphatic heterocycles. The highest BCUT2D eigenvalue weighted by Crippen LogP contribution is 2.27. The largest absolute Gasteiger partial charge is 0.369 e. The normalized spacial score (nSPS) is 14.9. The zero-order valence-electron chi connectivity index (χ0n) is 12.3. The number of thioether (sulfide) groups is 1. The summed E-state index contributed by atoms with van der Waals surface area (Å²) >= 11 is 1.34. The minimum absolute atomic E-state index is 0. The van der Waals surface area contributed by atoms with Crippen LogP contribution in [-0.2, 0) is 9.59 Å². The zero-order valence-corrected chi connectivity index (χ0v) is 14.0. The van der Waals surface area contributed by atoms with Gasteiger partial charge in [0.2, 0.25) is 11.8 Å². The van der Waals surface area contributed by atoms with Gasteiger partial charge in [-0.3, -0.25) is 9.59 Å². The molecule has 122 valence electrons. The lowest BCUT2D eigenvalue weighted by molar-refractivity contribution is -0.117. The molecule has 0 aliphatic carbocycles. The van der Waals surface area contributed by atoms with Gasteiger partial charge < -0.3 is 16.4 Å². The summed E-state index contributed by atoms with van der Waals surface area (Å²) in [6.07, 6.45) is 2.65. The molecule has 1 aromatic rings. The van der Waals surface area contributed by atoms with Crippen molar-refractivity contribution in [1.82, 2.24) is 5.32 Å². The Morgan fingerprint density at radius 2 is 1.95 bits per heavy atom. The van der Waals surface area contributed by atoms with E-state index in [0.717, 1.165) is 36.5 Å². The van der Waals surface area contributed by atoms with Crippen LogP contribution < -0.4 is 16.4 Å². The molecule has 2 rings (SSSR count). The quantitative estimate of drug-likeness (QED) is 0.690. The van der Waals surface area contributed by atoms with Crippen molar-refractivity contribution in [1.29, 1.82) is 0 Å². The molecule has 7 heteroatoms. The van der Waals surface area contributed by atoms with E-state index in [1.54, 1.807) is 0 Å². The lowest BCUT2D eigenvalue weighted by Gasteiger charge is -2.22. The van der Waals surface area contributed by atoms with Gasteiger partial charge >= 0.3 is 0 Å². The Kier molecular flexibility index (Phi) is 8.30. The monoisotopic (exact) mass is 343 g/mol. The second-order valence-corrected chi connectivity index (χ2v) is 6.21. The van der Waals surface area contributed by atoms with E-state index in [1.165, 1.54) is 11.8 Å². The van der Waals surface area contributed by atoms with Crippen LogP contribution in [0.25, 0.3) is 0 Å². The van der Waals surface area contributed by atoms with Crippen LogP contribution in [0.15, 0.2) is 29.2 Å². The fourth-order valence-corrected chi connectivity index (χ4v) is 3.14. The second-order valence-electron chi connectivity index (χ2n) is 5.20. The Labute approximate surface area is 141 Å². The average Bonchev–Trinajstić information content (AvgIpc) is 2.47. The first-order valence-electron chi connectivity index (χ1n) is 7.16. The number of piperidine rings is 1. The molecule has 1 fully saturated rings. The molecular weight excluding hydrogens is 322 g/mol. The van der Waals surface area contributed by atoms with Crippen molar-refractivity contribution in [3.63, 3.8) is 0 Å². The van der Waals surface area contributed by atoms with Gasteiger partial charge in [-0.25, -0.2) is 0 Å². The summed E-state index contributed by atoms with van der Waals surface area (Å²) < 4.78 is 0. The first-order chi connectivity index (χ1) is 10.1. The summed E-state index contributed by atoms with van der Waals surface area (Å²) in [6, 6.07) is 7.48. The second kappa shape index (κ2) is 9.71. The van der Waals surface area contributed by atoms with Crippen LogP contribution in [0.3, 0.4) is 0 Å². The number of nitrogens with one attached hydrogen (secondary N) is 2. The summed E-state index contributed by atoms with van der Waals surface area (Å²) in [6.45, 7) is 1.98. The molecule has 1 aromatic carbocycles. The number of nitrogens with two attached hydrogens (primary N) is 1. The molecule has 0 aromatic heterocycles. The third kappa shape index (κ3) is 6.25. The van der Waals surface area contributed by atoms with Gasteiger partial charge in [0.25, 0.3) is 0 Å². The predicted octanol–water partition coefficient (Wildman–Crippen LogP) is 2.01. The molecule has 1 saturated heterocycles. The van der Waals surface area contributed by atoms with Crippen LogP contribution in [-0.4, -0.2) is 30.7 Å². The number of primary amides is 1. The van der Waals surface area contributed by atoms with E-state index in [4.69, 9.17) is 5.73 Å². The molecule has 0 radical (unpaired) electrons. The molecule has 1 aliphatic rings. The van der Waals surface area contributed by atoms with Crippen LogP contribution in [0.5, 0.6) is 0 Å². The van der Waals surface area contributed by atoms with Gasteiger partial charge in [-0.1, -0.05) is 12.1 Å². The number of para-hydroxylation sites is 1. The summed E-state index contributed by atoms with van der Waals surface area (Å²) in [5.41, 5.74) is 5.91. The molecule has 2 amide bonds. The molecule has 5 nitrogen and oxygen atoms in total. The van der Waals surface area contributed by atoms with Gasteiger partial charge in [-0.15, -0.1) is 24.2 Å². The van der Waals surface area contributed by atoms with Crippen molar-refractivity contribution in [2.24, 2.45) is 11.7 Å². The smallest absolute Gasteiger partial charge is 0.227 e. The fourth-order valence-electron chi connectivity index (χ4n) is 2.39. The maximum absolute atomic E-state index is 12.1. The molecule has 0 bridgehead atoms. The highest BCUT2D eigenvalue weighted by Gasteiger charge is 2.17. The van der Waals surface area contributed by atoms with Gasteiger partial charge in [0.15, 0.2) is 0 Å². The molecule has 0 saturated carbocycles. The van der Waals surface area contributed by atoms with Crippen molar-refractivity contribution in [2.75, 3.05) is 24.2 Å². The Balaban J connectivity index is 0.00000242. The fraction of sp³-hybridized carbons (Fsp3) is 0.467. The Morgan fingerprint density at radius 1 is 1.27 bits per heavy atom. The maximum atomic E-state index is 12.1. The minimum Gasteiger partial charge on any atom is -0.369 e. The van der Waals surface area contributed by atoms with Gasteiger partial charge in [-0.2, -0.15) is 0 Å². The lowest BCUT2D eigenvalue weighted by atomic mass is 9.94. The zero-order chi connectivity index (χ0) is 15.1. The van der Waals surface area contributed by atoms with Crippen LogP contribution in [0.1, 0.15) is 19.3 Å². The topological polar surface area (TPSA) is 84.2 Å². The van der Waals surface area contributed by atoms with Crippen molar-refractivity contribution < 1.29 is 9.59 Å². The summed E-state index contributed by atoms with van der Waals surface area (Å²) in [5, 5.41) is 6.24. The predicted molar refractivity (Wildman–Crippen MR) is 92.4 cm³/mol. The number of halogens is 1. The number of benzene rings is 1. The van der Waals surface area contributed by atoms with E-state index in [-0.39, 0.29) is 30.0 Å². The Bertz CT molecular complexity index is 507. The van der Waals surface area contributed by atoms with Gasteiger partial charge in [0, 0.05) is 11.3 Å². The van der Waals surface area contributed by atoms with Crippen molar-refractivity contribution in [3.05, 3.63) is 24.3 Å². The minimum atomic E-state index is -0.365. The third-order valence-electron chi connectivity index (χ3n) is 3.46. The highest BCUT2D eigenvalue weighted by molar-refractivity contribution is 8.00. The Hall–Kier alpha value is -1.24. The molecular formula is C15H22ClN3O2S. The van der Waals surface area contributed by atoms with Gasteiger partial charge in [0.05, 0.1) is 11.4 Å². The van der Waals surface area contributed by atoms with Gasteiger partial charge in [-0.05, 0) is 44.0 Å². The summed E-state index contributed by atoms with van der Waals surface area (Å²) in [4.78, 5) is 23.9. The number of hydrogen-bond donors (Lipinski definition) is 3. The number of rotatable bonds is 6. The number of anilines is 1. The standard InChI is InChI=1S/C15H21N3O2S.ClH/c16-14(19)10-21-13-4-2-1-3-12(13)18-15(20)9-11-5-7-17-8-6-11;/h1-4,11,17H,5-10H2,(H2,16,19)(H,18,20);1H. The van der Waals surface area contributed by atoms with E-state index in [1.807, 2.05) is 24.3 Å². The lowest BCUT2D eigenvalue weighted by Crippen LogP contribution is -2.30. The average molecular weight is 344 g/mol. The van der Waals surface area contributed by atoms with E-state index in [0.29, 0.717) is 12.3 Å².